The van der Waals surface area contributed by atoms with Crippen LogP contribution in [-0.4, -0.2) is 16.5 Å². The van der Waals surface area contributed by atoms with Gasteiger partial charge in [-0.1, -0.05) is 19.9 Å². The highest BCUT2D eigenvalue weighted by atomic mass is 16.5. The fourth-order valence-electron chi connectivity index (χ4n) is 2.14. The lowest BCUT2D eigenvalue weighted by Gasteiger charge is -2.10. The van der Waals surface area contributed by atoms with Gasteiger partial charge in [0.1, 0.15) is 17.4 Å². The largest absolute Gasteiger partial charge is 0.439 e. The minimum Gasteiger partial charge on any atom is -0.439 e. The number of nitrogens with one attached hydrogen (secondary N) is 1. The van der Waals surface area contributed by atoms with Crippen molar-refractivity contribution in [2.45, 2.75) is 40.5 Å². The van der Waals surface area contributed by atoms with E-state index in [1.165, 1.54) is 11.1 Å². The number of aryl methyl sites for hydroxylation is 3. The summed E-state index contributed by atoms with van der Waals surface area (Å²) in [5, 5.41) is 3.29. The van der Waals surface area contributed by atoms with Gasteiger partial charge in [-0.3, -0.25) is 0 Å². The molecular weight excluding hydrogens is 262 g/mol. The summed E-state index contributed by atoms with van der Waals surface area (Å²) in [6.45, 7) is 9.18. The molecule has 0 aliphatic carbocycles. The monoisotopic (exact) mass is 285 g/mol. The van der Waals surface area contributed by atoms with Crippen molar-refractivity contribution in [1.29, 1.82) is 0 Å². The van der Waals surface area contributed by atoms with E-state index < -0.39 is 0 Å². The first-order valence-corrected chi connectivity index (χ1v) is 7.48. The topological polar surface area (TPSA) is 47.0 Å². The Hall–Kier alpha value is -2.10. The zero-order chi connectivity index (χ0) is 15.2. The first-order chi connectivity index (χ1) is 10.1. The van der Waals surface area contributed by atoms with Crippen LogP contribution in [-0.2, 0) is 6.42 Å². The van der Waals surface area contributed by atoms with Crippen LogP contribution in [0.1, 0.15) is 37.2 Å². The Kier molecular flexibility index (Phi) is 5.14. The van der Waals surface area contributed by atoms with E-state index in [1.54, 1.807) is 0 Å². The predicted octanol–water partition coefficient (Wildman–Crippen LogP) is 4.27. The number of anilines is 1. The highest BCUT2D eigenvalue weighted by molar-refractivity contribution is 5.41. The van der Waals surface area contributed by atoms with Crippen molar-refractivity contribution in [3.05, 3.63) is 41.2 Å². The van der Waals surface area contributed by atoms with Crippen LogP contribution in [0.25, 0.3) is 0 Å². The Morgan fingerprint density at radius 3 is 2.33 bits per heavy atom. The molecule has 2 aromatic rings. The van der Waals surface area contributed by atoms with Gasteiger partial charge in [0.2, 0.25) is 5.88 Å². The first-order valence-electron chi connectivity index (χ1n) is 7.48. The van der Waals surface area contributed by atoms with Gasteiger partial charge >= 0.3 is 0 Å². The highest BCUT2D eigenvalue weighted by Gasteiger charge is 2.06. The molecule has 0 bridgehead atoms. The Morgan fingerprint density at radius 1 is 1.00 bits per heavy atom. The third-order valence-electron chi connectivity index (χ3n) is 3.04. The lowest BCUT2D eigenvalue weighted by atomic mass is 10.1. The molecule has 0 amide bonds. The lowest BCUT2D eigenvalue weighted by Crippen LogP contribution is -2.05. The molecule has 112 valence electrons. The molecule has 0 aliphatic heterocycles. The zero-order valence-electron chi connectivity index (χ0n) is 13.2. The Morgan fingerprint density at radius 2 is 1.71 bits per heavy atom. The average Bonchev–Trinajstić information content (AvgIpc) is 2.43. The maximum absolute atomic E-state index is 5.91. The van der Waals surface area contributed by atoms with Crippen LogP contribution in [0.15, 0.2) is 24.3 Å². The summed E-state index contributed by atoms with van der Waals surface area (Å²) in [6.07, 6.45) is 1.84. The minimum atomic E-state index is 0.588. The molecule has 4 nitrogen and oxygen atoms in total. The summed E-state index contributed by atoms with van der Waals surface area (Å²) < 4.78 is 5.91. The van der Waals surface area contributed by atoms with Gasteiger partial charge in [-0.05, 0) is 43.5 Å². The first kappa shape index (κ1) is 15.3. The van der Waals surface area contributed by atoms with E-state index in [1.807, 2.05) is 25.1 Å². The summed E-state index contributed by atoms with van der Waals surface area (Å²) in [7, 11) is 0. The standard InChI is InChI=1S/C17H23N3O/c1-5-7-18-16-11-17(20-15(6-2)19-16)21-14-9-12(3)8-13(4)10-14/h8-11H,5-7H2,1-4H3,(H,18,19,20). The van der Waals surface area contributed by atoms with E-state index in [2.05, 4.69) is 42.1 Å². The number of benzene rings is 1. The van der Waals surface area contributed by atoms with Crippen molar-refractivity contribution in [1.82, 2.24) is 9.97 Å². The maximum Gasteiger partial charge on any atom is 0.224 e. The van der Waals surface area contributed by atoms with Gasteiger partial charge in [0.25, 0.3) is 0 Å². The smallest absolute Gasteiger partial charge is 0.224 e. The molecule has 21 heavy (non-hydrogen) atoms. The molecule has 0 aliphatic rings. The molecule has 0 atom stereocenters. The van der Waals surface area contributed by atoms with E-state index in [0.29, 0.717) is 5.88 Å². The van der Waals surface area contributed by atoms with Gasteiger partial charge in [0.15, 0.2) is 0 Å². The molecular formula is C17H23N3O. The number of aromatic nitrogens is 2. The zero-order valence-corrected chi connectivity index (χ0v) is 13.2. The normalized spacial score (nSPS) is 10.5. The van der Waals surface area contributed by atoms with Gasteiger partial charge in [-0.25, -0.2) is 4.98 Å². The number of hydrogen-bond acceptors (Lipinski definition) is 4. The molecule has 0 saturated heterocycles. The van der Waals surface area contributed by atoms with Crippen molar-refractivity contribution in [2.24, 2.45) is 0 Å². The Bertz CT molecular complexity index is 591. The quantitative estimate of drug-likeness (QED) is 0.861. The predicted molar refractivity (Wildman–Crippen MR) is 86.2 cm³/mol. The molecule has 1 aromatic carbocycles. The number of hydrogen-bond donors (Lipinski definition) is 1. The number of ether oxygens (including phenoxy) is 1. The lowest BCUT2D eigenvalue weighted by molar-refractivity contribution is 0.458. The van der Waals surface area contributed by atoms with Crippen LogP contribution in [0.3, 0.4) is 0 Å². The molecule has 0 unspecified atom stereocenters. The maximum atomic E-state index is 5.91. The Labute approximate surface area is 126 Å². The average molecular weight is 285 g/mol. The van der Waals surface area contributed by atoms with Crippen LogP contribution >= 0.6 is 0 Å². The second kappa shape index (κ2) is 7.07. The SMILES string of the molecule is CCCNc1cc(Oc2cc(C)cc(C)c2)nc(CC)n1. The highest BCUT2D eigenvalue weighted by Crippen LogP contribution is 2.24. The molecule has 1 heterocycles. The van der Waals surface area contributed by atoms with E-state index in [9.17, 15) is 0 Å². The molecule has 0 fully saturated rings. The van der Waals surface area contributed by atoms with E-state index in [4.69, 9.17) is 4.74 Å². The second-order valence-electron chi connectivity index (χ2n) is 5.21. The molecule has 0 saturated carbocycles. The summed E-state index contributed by atoms with van der Waals surface area (Å²) in [5.41, 5.74) is 2.36. The van der Waals surface area contributed by atoms with Gasteiger partial charge in [-0.2, -0.15) is 4.98 Å². The molecule has 0 spiro atoms. The van der Waals surface area contributed by atoms with Gasteiger partial charge in [-0.15, -0.1) is 0 Å². The summed E-state index contributed by atoms with van der Waals surface area (Å²) in [6, 6.07) is 8.00. The van der Waals surface area contributed by atoms with E-state index >= 15 is 0 Å². The molecule has 2 rings (SSSR count). The molecule has 1 aromatic heterocycles. The fraction of sp³-hybridized carbons (Fsp3) is 0.412. The van der Waals surface area contributed by atoms with Crippen molar-refractivity contribution in [3.63, 3.8) is 0 Å². The molecule has 1 N–H and O–H groups in total. The Balaban J connectivity index is 2.25. The van der Waals surface area contributed by atoms with E-state index in [0.717, 1.165) is 36.8 Å². The summed E-state index contributed by atoms with van der Waals surface area (Å²) >= 11 is 0. The summed E-state index contributed by atoms with van der Waals surface area (Å²) in [5.74, 6) is 3.01. The third kappa shape index (κ3) is 4.45. The van der Waals surface area contributed by atoms with Gasteiger partial charge in [0.05, 0.1) is 0 Å². The van der Waals surface area contributed by atoms with Crippen molar-refractivity contribution >= 4 is 5.82 Å². The van der Waals surface area contributed by atoms with Crippen LogP contribution in [0.5, 0.6) is 11.6 Å². The van der Waals surface area contributed by atoms with Crippen molar-refractivity contribution in [2.75, 3.05) is 11.9 Å². The van der Waals surface area contributed by atoms with Crippen molar-refractivity contribution in [3.8, 4) is 11.6 Å². The summed E-state index contributed by atoms with van der Waals surface area (Å²) in [4.78, 5) is 8.91. The molecule has 4 heteroatoms. The van der Waals surface area contributed by atoms with Crippen molar-refractivity contribution < 1.29 is 4.74 Å². The number of rotatable bonds is 6. The molecule has 0 radical (unpaired) electrons. The third-order valence-corrected chi connectivity index (χ3v) is 3.04. The van der Waals surface area contributed by atoms with Crippen LogP contribution in [0.4, 0.5) is 5.82 Å². The van der Waals surface area contributed by atoms with Crippen LogP contribution < -0.4 is 10.1 Å². The number of nitrogens with zero attached hydrogens (tertiary/aromatic N) is 2. The van der Waals surface area contributed by atoms with Gasteiger partial charge in [0, 0.05) is 19.0 Å². The fourth-order valence-corrected chi connectivity index (χ4v) is 2.14. The van der Waals surface area contributed by atoms with Crippen LogP contribution in [0, 0.1) is 13.8 Å². The van der Waals surface area contributed by atoms with Gasteiger partial charge < -0.3 is 10.1 Å². The minimum absolute atomic E-state index is 0.588. The van der Waals surface area contributed by atoms with E-state index in [-0.39, 0.29) is 0 Å². The second-order valence-corrected chi connectivity index (χ2v) is 5.21. The van der Waals surface area contributed by atoms with Crippen LogP contribution in [0.2, 0.25) is 0 Å².